The first-order chi connectivity index (χ1) is 18.4. The lowest BCUT2D eigenvalue weighted by atomic mass is 10.0. The largest absolute Gasteiger partial charge is 0.494 e. The fraction of sp³-hybridized carbons (Fsp3) is 0.406. The minimum absolute atomic E-state index is 0.00381. The number of rotatable bonds is 11. The molecule has 0 atom stereocenters. The second-order valence-corrected chi connectivity index (χ2v) is 10.1. The fourth-order valence-corrected chi connectivity index (χ4v) is 4.78. The number of carbonyl (C=O) groups is 1. The van der Waals surface area contributed by atoms with Gasteiger partial charge in [0.05, 0.1) is 12.7 Å². The van der Waals surface area contributed by atoms with Gasteiger partial charge < -0.3 is 19.7 Å². The maximum atomic E-state index is 12.2. The van der Waals surface area contributed by atoms with Gasteiger partial charge in [0.1, 0.15) is 11.5 Å². The molecule has 1 amide bonds. The van der Waals surface area contributed by atoms with E-state index in [1.54, 1.807) is 0 Å². The smallest absolute Gasteiger partial charge is 0.251 e. The summed E-state index contributed by atoms with van der Waals surface area (Å²) in [7, 11) is 0. The summed E-state index contributed by atoms with van der Waals surface area (Å²) in [6.45, 7) is 14.3. The van der Waals surface area contributed by atoms with Gasteiger partial charge >= 0.3 is 0 Å². The third-order valence-corrected chi connectivity index (χ3v) is 6.63. The van der Waals surface area contributed by atoms with E-state index in [4.69, 9.17) is 9.47 Å². The van der Waals surface area contributed by atoms with E-state index < -0.39 is 0 Å². The molecular weight excluding hydrogens is 474 g/mol. The van der Waals surface area contributed by atoms with Crippen molar-refractivity contribution in [2.75, 3.05) is 44.2 Å². The van der Waals surface area contributed by atoms with Gasteiger partial charge in [-0.15, -0.1) is 0 Å². The van der Waals surface area contributed by atoms with Crippen LogP contribution < -0.4 is 19.7 Å². The van der Waals surface area contributed by atoms with Gasteiger partial charge in [-0.05, 0) is 98.5 Å². The minimum atomic E-state index is -0.00381. The molecule has 202 valence electrons. The predicted octanol–water partition coefficient (Wildman–Crippen LogP) is 6.00. The van der Waals surface area contributed by atoms with Gasteiger partial charge in [0, 0.05) is 50.5 Å². The van der Waals surface area contributed by atoms with Crippen LogP contribution >= 0.6 is 0 Å². The highest BCUT2D eigenvalue weighted by Crippen LogP contribution is 2.30. The van der Waals surface area contributed by atoms with E-state index in [2.05, 4.69) is 78.4 Å². The van der Waals surface area contributed by atoms with Crippen molar-refractivity contribution in [3.05, 3.63) is 77.9 Å². The molecule has 0 aromatic heterocycles. The van der Waals surface area contributed by atoms with Gasteiger partial charge in [0.15, 0.2) is 0 Å². The molecule has 1 aliphatic heterocycles. The Labute approximate surface area is 227 Å². The standard InChI is InChI=1S/C32H41N3O3/c1-5-14-33-32(36)26-10-12-29(13-11-26)35-17-15-34(16-18-35)23-25-19-28(22-31(20-25)38-24(3)4)27-8-7-9-30(21-27)37-6-2/h7-13,19-22,24H,5-6,14-18,23H2,1-4H3,(H,33,36). The Morgan fingerprint density at radius 2 is 1.63 bits per heavy atom. The Bertz CT molecular complexity index is 1180. The minimum Gasteiger partial charge on any atom is -0.494 e. The Balaban J connectivity index is 1.42. The van der Waals surface area contributed by atoms with Crippen LogP contribution in [0.15, 0.2) is 66.7 Å². The van der Waals surface area contributed by atoms with Crippen molar-refractivity contribution in [2.24, 2.45) is 0 Å². The van der Waals surface area contributed by atoms with E-state index in [0.29, 0.717) is 18.7 Å². The number of ether oxygens (including phenoxy) is 2. The van der Waals surface area contributed by atoms with Gasteiger partial charge in [0.25, 0.3) is 5.91 Å². The summed E-state index contributed by atoms with van der Waals surface area (Å²) in [5.74, 6) is 1.78. The predicted molar refractivity (Wildman–Crippen MR) is 155 cm³/mol. The topological polar surface area (TPSA) is 54.0 Å². The van der Waals surface area contributed by atoms with Crippen LogP contribution in [0.2, 0.25) is 0 Å². The fourth-order valence-electron chi connectivity index (χ4n) is 4.78. The van der Waals surface area contributed by atoms with Gasteiger partial charge in [-0.1, -0.05) is 19.1 Å². The maximum absolute atomic E-state index is 12.2. The molecule has 0 bridgehead atoms. The Hall–Kier alpha value is -3.51. The van der Waals surface area contributed by atoms with E-state index in [0.717, 1.165) is 61.8 Å². The number of hydrogen-bond acceptors (Lipinski definition) is 5. The van der Waals surface area contributed by atoms with E-state index in [-0.39, 0.29) is 12.0 Å². The van der Waals surface area contributed by atoms with Crippen LogP contribution in [0.4, 0.5) is 5.69 Å². The van der Waals surface area contributed by atoms with Gasteiger partial charge in [-0.25, -0.2) is 0 Å². The quantitative estimate of drug-likeness (QED) is 0.339. The number of benzene rings is 3. The van der Waals surface area contributed by atoms with Crippen LogP contribution in [0.1, 0.15) is 50.0 Å². The second kappa shape index (κ2) is 13.3. The second-order valence-electron chi connectivity index (χ2n) is 10.1. The van der Waals surface area contributed by atoms with Crippen molar-refractivity contribution in [1.29, 1.82) is 0 Å². The molecule has 0 aliphatic carbocycles. The van der Waals surface area contributed by atoms with E-state index in [9.17, 15) is 4.79 Å². The van der Waals surface area contributed by atoms with Crippen molar-refractivity contribution in [3.63, 3.8) is 0 Å². The van der Waals surface area contributed by atoms with Crippen molar-refractivity contribution >= 4 is 11.6 Å². The van der Waals surface area contributed by atoms with Gasteiger partial charge in [-0.2, -0.15) is 0 Å². The zero-order valence-electron chi connectivity index (χ0n) is 23.2. The molecule has 0 unspecified atom stereocenters. The third-order valence-electron chi connectivity index (χ3n) is 6.63. The number of nitrogens with zero attached hydrogens (tertiary/aromatic N) is 2. The number of anilines is 1. The number of carbonyl (C=O) groups excluding carboxylic acids is 1. The number of piperazine rings is 1. The van der Waals surface area contributed by atoms with E-state index in [1.165, 1.54) is 11.3 Å². The number of nitrogens with one attached hydrogen (secondary N) is 1. The normalized spacial score (nSPS) is 14.0. The zero-order valence-corrected chi connectivity index (χ0v) is 23.2. The van der Waals surface area contributed by atoms with E-state index in [1.807, 2.05) is 31.2 Å². The highest BCUT2D eigenvalue weighted by atomic mass is 16.5. The summed E-state index contributed by atoms with van der Waals surface area (Å²) in [6.07, 6.45) is 1.05. The number of amides is 1. The van der Waals surface area contributed by atoms with Crippen molar-refractivity contribution in [1.82, 2.24) is 10.2 Å². The van der Waals surface area contributed by atoms with Crippen molar-refractivity contribution in [2.45, 2.75) is 46.8 Å². The van der Waals surface area contributed by atoms with Crippen LogP contribution in [0.25, 0.3) is 11.1 Å². The lowest BCUT2D eigenvalue weighted by Gasteiger charge is -2.36. The molecule has 0 spiro atoms. The summed E-state index contributed by atoms with van der Waals surface area (Å²) in [5.41, 5.74) is 5.40. The molecule has 38 heavy (non-hydrogen) atoms. The SMILES string of the molecule is CCCNC(=O)c1ccc(N2CCN(Cc3cc(OC(C)C)cc(-c4cccc(OCC)c4)c3)CC2)cc1. The average molecular weight is 516 g/mol. The Kier molecular flexibility index (Phi) is 9.66. The average Bonchev–Trinajstić information content (AvgIpc) is 2.92. The van der Waals surface area contributed by atoms with Crippen LogP contribution in [0.3, 0.4) is 0 Å². The summed E-state index contributed by atoms with van der Waals surface area (Å²) >= 11 is 0. The molecule has 1 fully saturated rings. The van der Waals surface area contributed by atoms with Crippen LogP contribution in [-0.4, -0.2) is 56.2 Å². The first-order valence-corrected chi connectivity index (χ1v) is 13.8. The molecule has 6 heteroatoms. The molecule has 1 heterocycles. The summed E-state index contributed by atoms with van der Waals surface area (Å²) in [5, 5.41) is 2.94. The zero-order chi connectivity index (χ0) is 26.9. The molecule has 0 radical (unpaired) electrons. The van der Waals surface area contributed by atoms with Gasteiger partial charge in [-0.3, -0.25) is 9.69 Å². The molecule has 1 aliphatic rings. The first-order valence-electron chi connectivity index (χ1n) is 13.8. The molecule has 6 nitrogen and oxygen atoms in total. The van der Waals surface area contributed by atoms with Gasteiger partial charge in [0.2, 0.25) is 0 Å². The molecule has 1 N–H and O–H groups in total. The van der Waals surface area contributed by atoms with Crippen LogP contribution in [0, 0.1) is 0 Å². The molecular formula is C32H41N3O3. The molecule has 1 saturated heterocycles. The van der Waals surface area contributed by atoms with Crippen molar-refractivity contribution in [3.8, 4) is 22.6 Å². The lowest BCUT2D eigenvalue weighted by molar-refractivity contribution is 0.0953. The third kappa shape index (κ3) is 7.51. The first kappa shape index (κ1) is 27.5. The Morgan fingerprint density at radius 3 is 2.32 bits per heavy atom. The van der Waals surface area contributed by atoms with E-state index >= 15 is 0 Å². The molecule has 4 rings (SSSR count). The van der Waals surface area contributed by atoms with Crippen molar-refractivity contribution < 1.29 is 14.3 Å². The highest BCUT2D eigenvalue weighted by molar-refractivity contribution is 5.94. The lowest BCUT2D eigenvalue weighted by Crippen LogP contribution is -2.46. The van der Waals surface area contributed by atoms with Crippen LogP contribution in [0.5, 0.6) is 11.5 Å². The monoisotopic (exact) mass is 515 g/mol. The molecule has 3 aromatic carbocycles. The summed E-state index contributed by atoms with van der Waals surface area (Å²) in [4.78, 5) is 17.1. The molecule has 3 aromatic rings. The Morgan fingerprint density at radius 1 is 0.895 bits per heavy atom. The summed E-state index contributed by atoms with van der Waals surface area (Å²) < 4.78 is 11.9. The summed E-state index contributed by atoms with van der Waals surface area (Å²) in [6, 6.07) is 22.8. The highest BCUT2D eigenvalue weighted by Gasteiger charge is 2.19. The molecule has 0 saturated carbocycles. The van der Waals surface area contributed by atoms with Crippen LogP contribution in [-0.2, 0) is 6.54 Å². The maximum Gasteiger partial charge on any atom is 0.251 e. The number of hydrogen-bond donors (Lipinski definition) is 1.